The van der Waals surface area contributed by atoms with Crippen LogP contribution in [0.2, 0.25) is 10.0 Å². The van der Waals surface area contributed by atoms with E-state index in [1.54, 1.807) is 18.2 Å². The molecule has 0 amide bonds. The number of hydrogen-bond donors (Lipinski definition) is 2. The standard InChI is InChI=1S/C19H16Cl3NO3S2/c20-11-5-10(6-12(21)7-11)1-2-14-13(15(22)8-17(14)24)3-4-27-19-23-16(9-28-19)18(25)26/h5-7,9,13-15,17,24H,3-4,8H2,(H,25,26). The number of nitrogens with zero attached hydrogens (tertiary/aromatic N) is 1. The van der Waals surface area contributed by atoms with Gasteiger partial charge in [-0.2, -0.15) is 0 Å². The summed E-state index contributed by atoms with van der Waals surface area (Å²) in [5, 5.41) is 21.7. The van der Waals surface area contributed by atoms with Crippen molar-refractivity contribution in [3.05, 3.63) is 44.9 Å². The lowest BCUT2D eigenvalue weighted by atomic mass is 9.92. The third kappa shape index (κ3) is 5.56. The number of carboxylic acid groups (broad SMARTS) is 1. The zero-order chi connectivity index (χ0) is 20.3. The molecule has 1 fully saturated rings. The number of halogens is 3. The van der Waals surface area contributed by atoms with Crippen LogP contribution in [0.4, 0.5) is 0 Å². The van der Waals surface area contributed by atoms with Crippen LogP contribution in [0, 0.1) is 23.7 Å². The Labute approximate surface area is 186 Å². The number of hydrogen-bond acceptors (Lipinski definition) is 5. The first-order chi connectivity index (χ1) is 13.3. The molecule has 4 unspecified atom stereocenters. The summed E-state index contributed by atoms with van der Waals surface area (Å²) in [5.74, 6) is 5.68. The van der Waals surface area contributed by atoms with Crippen LogP contribution in [0.15, 0.2) is 27.9 Å². The van der Waals surface area contributed by atoms with Crippen molar-refractivity contribution in [2.45, 2.75) is 28.7 Å². The van der Waals surface area contributed by atoms with Crippen LogP contribution in [0.5, 0.6) is 0 Å². The van der Waals surface area contributed by atoms with E-state index >= 15 is 0 Å². The first kappa shape index (κ1) is 21.8. The third-order valence-corrected chi connectivity index (χ3v) is 7.42. The first-order valence-corrected chi connectivity index (χ1v) is 11.5. The Morgan fingerprint density at radius 3 is 2.68 bits per heavy atom. The molecule has 0 saturated heterocycles. The highest BCUT2D eigenvalue weighted by Crippen LogP contribution is 2.39. The Morgan fingerprint density at radius 2 is 2.04 bits per heavy atom. The summed E-state index contributed by atoms with van der Waals surface area (Å²) in [7, 11) is 0. The monoisotopic (exact) mass is 475 g/mol. The van der Waals surface area contributed by atoms with Crippen LogP contribution >= 0.6 is 57.9 Å². The minimum absolute atomic E-state index is 0.0326. The molecule has 4 atom stereocenters. The minimum atomic E-state index is -1.03. The molecule has 0 bridgehead atoms. The molecule has 0 aliphatic heterocycles. The SMILES string of the molecule is O=C(O)c1csc(SCCC2C(Cl)CC(O)C2C#Cc2cc(Cl)cc(Cl)c2)n1. The number of thioether (sulfide) groups is 1. The summed E-state index contributed by atoms with van der Waals surface area (Å²) in [5.41, 5.74) is 0.753. The van der Waals surface area contributed by atoms with E-state index in [-0.39, 0.29) is 22.9 Å². The maximum atomic E-state index is 10.9. The number of benzene rings is 1. The van der Waals surface area contributed by atoms with Crippen molar-refractivity contribution in [1.82, 2.24) is 4.98 Å². The fraction of sp³-hybridized carbons (Fsp3) is 0.368. The van der Waals surface area contributed by atoms with Gasteiger partial charge in [-0.25, -0.2) is 9.78 Å². The van der Waals surface area contributed by atoms with E-state index in [1.165, 1.54) is 28.5 Å². The molecule has 2 aromatic rings. The van der Waals surface area contributed by atoms with E-state index in [2.05, 4.69) is 16.8 Å². The second-order valence-corrected chi connectivity index (χ2v) is 10.0. The van der Waals surface area contributed by atoms with Crippen LogP contribution in [0.25, 0.3) is 0 Å². The van der Waals surface area contributed by atoms with Gasteiger partial charge in [-0.15, -0.1) is 22.9 Å². The molecule has 0 spiro atoms. The lowest BCUT2D eigenvalue weighted by Gasteiger charge is -2.18. The maximum absolute atomic E-state index is 10.9. The van der Waals surface area contributed by atoms with Crippen molar-refractivity contribution in [1.29, 1.82) is 0 Å². The predicted molar refractivity (Wildman–Crippen MR) is 115 cm³/mol. The quantitative estimate of drug-likeness (QED) is 0.349. The van der Waals surface area contributed by atoms with Gasteiger partial charge in [0.05, 0.1) is 12.0 Å². The summed E-state index contributed by atoms with van der Waals surface area (Å²) in [6.07, 6.45) is 0.652. The number of aromatic carboxylic acids is 1. The Balaban J connectivity index is 1.65. The number of thiazole rings is 1. The summed E-state index contributed by atoms with van der Waals surface area (Å²) in [4.78, 5) is 15.0. The molecule has 2 N–H and O–H groups in total. The van der Waals surface area contributed by atoms with Crippen molar-refractivity contribution < 1.29 is 15.0 Å². The predicted octanol–water partition coefficient (Wildman–Crippen LogP) is 5.29. The zero-order valence-corrected chi connectivity index (χ0v) is 18.3. The average molecular weight is 477 g/mol. The van der Waals surface area contributed by atoms with Crippen LogP contribution < -0.4 is 0 Å². The van der Waals surface area contributed by atoms with Crippen LogP contribution in [-0.4, -0.2) is 38.4 Å². The zero-order valence-electron chi connectivity index (χ0n) is 14.4. The largest absolute Gasteiger partial charge is 0.476 e. The smallest absolute Gasteiger partial charge is 0.355 e. The molecule has 4 nitrogen and oxygen atoms in total. The second kappa shape index (κ2) is 9.71. The van der Waals surface area contributed by atoms with Crippen molar-refractivity contribution in [3.8, 4) is 11.8 Å². The van der Waals surface area contributed by atoms with Crippen molar-refractivity contribution in [3.63, 3.8) is 0 Å². The van der Waals surface area contributed by atoms with Gasteiger partial charge in [0.15, 0.2) is 10.0 Å². The molecule has 1 heterocycles. The Kier molecular flexibility index (Phi) is 7.54. The molecule has 0 radical (unpaired) electrons. The second-order valence-electron chi connectivity index (χ2n) is 6.38. The maximum Gasteiger partial charge on any atom is 0.355 e. The van der Waals surface area contributed by atoms with Crippen molar-refractivity contribution >= 4 is 63.9 Å². The van der Waals surface area contributed by atoms with E-state index in [4.69, 9.17) is 39.9 Å². The Morgan fingerprint density at radius 1 is 1.32 bits per heavy atom. The molecule has 1 aromatic carbocycles. The topological polar surface area (TPSA) is 70.4 Å². The lowest BCUT2D eigenvalue weighted by Crippen LogP contribution is -2.19. The van der Waals surface area contributed by atoms with Crippen LogP contribution in [0.3, 0.4) is 0 Å². The average Bonchev–Trinajstić information content (AvgIpc) is 3.18. The molecule has 3 rings (SSSR count). The van der Waals surface area contributed by atoms with Crippen molar-refractivity contribution in [2.75, 3.05) is 5.75 Å². The number of alkyl halides is 1. The van der Waals surface area contributed by atoms with Gasteiger partial charge in [-0.05, 0) is 37.0 Å². The van der Waals surface area contributed by atoms with Gasteiger partial charge in [0.25, 0.3) is 0 Å². The molecule has 1 aliphatic carbocycles. The van der Waals surface area contributed by atoms with Gasteiger partial charge in [-0.3, -0.25) is 0 Å². The summed E-state index contributed by atoms with van der Waals surface area (Å²) >= 11 is 21.3. The first-order valence-electron chi connectivity index (χ1n) is 8.45. The molecule has 1 saturated carbocycles. The van der Waals surface area contributed by atoms with E-state index in [0.717, 1.165) is 6.42 Å². The number of aliphatic hydroxyl groups is 1. The summed E-state index contributed by atoms with van der Waals surface area (Å²) < 4.78 is 0.707. The fourth-order valence-electron chi connectivity index (χ4n) is 3.12. The Hall–Kier alpha value is -0.940. The highest BCUT2D eigenvalue weighted by atomic mass is 35.5. The highest BCUT2D eigenvalue weighted by Gasteiger charge is 2.40. The van der Waals surface area contributed by atoms with Gasteiger partial charge in [0.2, 0.25) is 0 Å². The van der Waals surface area contributed by atoms with Gasteiger partial charge < -0.3 is 10.2 Å². The van der Waals surface area contributed by atoms with Crippen molar-refractivity contribution in [2.24, 2.45) is 11.8 Å². The number of carboxylic acids is 1. The van der Waals surface area contributed by atoms with E-state index in [0.29, 0.717) is 32.1 Å². The van der Waals surface area contributed by atoms with E-state index < -0.39 is 12.1 Å². The highest BCUT2D eigenvalue weighted by molar-refractivity contribution is 8.01. The lowest BCUT2D eigenvalue weighted by molar-refractivity contribution is 0.0691. The van der Waals surface area contributed by atoms with Gasteiger partial charge in [0.1, 0.15) is 0 Å². The number of rotatable bonds is 5. The van der Waals surface area contributed by atoms with Crippen LogP contribution in [-0.2, 0) is 0 Å². The number of aromatic nitrogens is 1. The molecule has 28 heavy (non-hydrogen) atoms. The van der Waals surface area contributed by atoms with Gasteiger partial charge >= 0.3 is 5.97 Å². The molecule has 1 aromatic heterocycles. The van der Waals surface area contributed by atoms with E-state index in [1.807, 2.05) is 0 Å². The van der Waals surface area contributed by atoms with Gasteiger partial charge in [0, 0.05) is 32.1 Å². The molecule has 148 valence electrons. The summed E-state index contributed by atoms with van der Waals surface area (Å²) in [6.45, 7) is 0. The Bertz CT molecular complexity index is 904. The molecular formula is C19H16Cl3NO3S2. The number of aliphatic hydroxyl groups excluding tert-OH is 1. The van der Waals surface area contributed by atoms with E-state index in [9.17, 15) is 9.90 Å². The fourth-order valence-corrected chi connectivity index (χ4v) is 6.03. The van der Waals surface area contributed by atoms with Gasteiger partial charge in [-0.1, -0.05) is 46.8 Å². The third-order valence-electron chi connectivity index (χ3n) is 4.43. The minimum Gasteiger partial charge on any atom is -0.476 e. The molecule has 1 aliphatic rings. The molecular weight excluding hydrogens is 461 g/mol. The normalized spacial score (nSPS) is 24.0. The number of carbonyl (C=O) groups is 1. The van der Waals surface area contributed by atoms with Crippen LogP contribution in [0.1, 0.15) is 28.9 Å². The molecule has 9 heteroatoms. The summed E-state index contributed by atoms with van der Waals surface area (Å²) in [6, 6.07) is 5.10.